The molecule has 2 N–H and O–H groups in total. The van der Waals surface area contributed by atoms with Crippen molar-refractivity contribution in [2.75, 3.05) is 12.9 Å². The molecule has 2 nitrogen and oxygen atoms in total. The van der Waals surface area contributed by atoms with Gasteiger partial charge in [-0.1, -0.05) is 19.1 Å². The van der Waals surface area contributed by atoms with Gasteiger partial charge in [-0.15, -0.1) is 11.8 Å². The molecule has 1 aromatic carbocycles. The van der Waals surface area contributed by atoms with Crippen molar-refractivity contribution in [3.8, 4) is 0 Å². The quantitative estimate of drug-likeness (QED) is 0.810. The Morgan fingerprint density at radius 2 is 1.89 bits per heavy atom. The lowest BCUT2D eigenvalue weighted by atomic mass is 9.77. The molecule has 1 aliphatic rings. The smallest absolute Gasteiger partial charge is 0.0613 e. The van der Waals surface area contributed by atoms with E-state index in [9.17, 15) is 5.11 Å². The Hall–Kier alpha value is -0.510. The standard InChI is InChI=1S/C16H25NOS/c1-13-7-9-16(12-18,10-8-13)17-11-14-3-5-15(19-2)6-4-14/h3-6,13,17-18H,7-12H2,1-2H3. The van der Waals surface area contributed by atoms with Gasteiger partial charge < -0.3 is 10.4 Å². The summed E-state index contributed by atoms with van der Waals surface area (Å²) in [6, 6.07) is 8.68. The van der Waals surface area contributed by atoms with E-state index in [-0.39, 0.29) is 12.1 Å². The van der Waals surface area contributed by atoms with Crippen LogP contribution in [0.15, 0.2) is 29.2 Å². The minimum absolute atomic E-state index is 0.0509. The third-order valence-electron chi connectivity index (χ3n) is 4.36. The van der Waals surface area contributed by atoms with Crippen molar-refractivity contribution in [1.29, 1.82) is 0 Å². The van der Waals surface area contributed by atoms with Crippen molar-refractivity contribution in [2.45, 2.75) is 49.6 Å². The Bertz CT molecular complexity index is 382. The van der Waals surface area contributed by atoms with E-state index in [1.807, 2.05) is 0 Å². The van der Waals surface area contributed by atoms with Gasteiger partial charge >= 0.3 is 0 Å². The molecule has 0 amide bonds. The van der Waals surface area contributed by atoms with Crippen LogP contribution in [0.5, 0.6) is 0 Å². The molecule has 3 heteroatoms. The zero-order chi connectivity index (χ0) is 13.7. The first-order valence-corrected chi connectivity index (χ1v) is 8.39. The molecule has 1 aromatic rings. The van der Waals surface area contributed by atoms with Gasteiger partial charge in [-0.3, -0.25) is 0 Å². The van der Waals surface area contributed by atoms with Crippen LogP contribution in [0.1, 0.15) is 38.2 Å². The molecule has 0 saturated heterocycles. The van der Waals surface area contributed by atoms with E-state index >= 15 is 0 Å². The molecule has 106 valence electrons. The molecule has 0 atom stereocenters. The largest absolute Gasteiger partial charge is 0.394 e. The summed E-state index contributed by atoms with van der Waals surface area (Å²) in [5.41, 5.74) is 1.24. The number of thioether (sulfide) groups is 1. The summed E-state index contributed by atoms with van der Waals surface area (Å²) in [4.78, 5) is 1.30. The summed E-state index contributed by atoms with van der Waals surface area (Å²) in [5.74, 6) is 0.808. The molecule has 19 heavy (non-hydrogen) atoms. The van der Waals surface area contributed by atoms with Crippen molar-refractivity contribution in [2.24, 2.45) is 5.92 Å². The highest BCUT2D eigenvalue weighted by Gasteiger charge is 2.32. The van der Waals surface area contributed by atoms with E-state index in [4.69, 9.17) is 0 Å². The van der Waals surface area contributed by atoms with Crippen molar-refractivity contribution in [1.82, 2.24) is 5.32 Å². The minimum Gasteiger partial charge on any atom is -0.394 e. The zero-order valence-electron chi connectivity index (χ0n) is 12.0. The van der Waals surface area contributed by atoms with E-state index in [2.05, 4.69) is 42.8 Å². The second-order valence-electron chi connectivity index (χ2n) is 5.82. The van der Waals surface area contributed by atoms with Gasteiger partial charge in [-0.2, -0.15) is 0 Å². The first kappa shape index (κ1) is 14.9. The van der Waals surface area contributed by atoms with Gasteiger partial charge in [0, 0.05) is 17.0 Å². The number of aliphatic hydroxyl groups is 1. The van der Waals surface area contributed by atoms with Crippen molar-refractivity contribution >= 4 is 11.8 Å². The molecule has 0 unspecified atom stereocenters. The normalized spacial score (nSPS) is 27.4. The average molecular weight is 279 g/mol. The zero-order valence-corrected chi connectivity index (χ0v) is 12.8. The molecule has 1 saturated carbocycles. The van der Waals surface area contributed by atoms with Gasteiger partial charge in [0.15, 0.2) is 0 Å². The Labute approximate surface area is 121 Å². The van der Waals surface area contributed by atoms with Crippen LogP contribution >= 0.6 is 11.8 Å². The predicted molar refractivity (Wildman–Crippen MR) is 82.5 cm³/mol. The Kier molecular flexibility index (Phi) is 5.31. The Balaban J connectivity index is 1.91. The lowest BCUT2D eigenvalue weighted by Crippen LogP contribution is -2.50. The summed E-state index contributed by atoms with van der Waals surface area (Å²) in [6.07, 6.45) is 6.72. The first-order chi connectivity index (χ1) is 9.17. The lowest BCUT2D eigenvalue weighted by Gasteiger charge is -2.39. The Morgan fingerprint density at radius 1 is 1.26 bits per heavy atom. The van der Waals surface area contributed by atoms with Crippen LogP contribution in [-0.2, 0) is 6.54 Å². The van der Waals surface area contributed by atoms with Crippen LogP contribution in [0.3, 0.4) is 0 Å². The average Bonchev–Trinajstić information content (AvgIpc) is 2.48. The van der Waals surface area contributed by atoms with Crippen LogP contribution in [0.4, 0.5) is 0 Å². The molecule has 0 radical (unpaired) electrons. The highest BCUT2D eigenvalue weighted by atomic mass is 32.2. The van der Waals surface area contributed by atoms with E-state index in [1.165, 1.54) is 23.3 Å². The van der Waals surface area contributed by atoms with E-state index in [0.29, 0.717) is 0 Å². The first-order valence-electron chi connectivity index (χ1n) is 7.16. The second kappa shape index (κ2) is 6.78. The maximum atomic E-state index is 9.72. The van der Waals surface area contributed by atoms with Crippen LogP contribution in [0.25, 0.3) is 0 Å². The summed E-state index contributed by atoms with van der Waals surface area (Å²) in [6.45, 7) is 3.41. The summed E-state index contributed by atoms with van der Waals surface area (Å²) in [5, 5.41) is 13.3. The van der Waals surface area contributed by atoms with E-state index < -0.39 is 0 Å². The van der Waals surface area contributed by atoms with Crippen molar-refractivity contribution in [3.63, 3.8) is 0 Å². The lowest BCUT2D eigenvalue weighted by molar-refractivity contribution is 0.104. The minimum atomic E-state index is -0.0509. The van der Waals surface area contributed by atoms with Crippen molar-refractivity contribution in [3.05, 3.63) is 29.8 Å². The topological polar surface area (TPSA) is 32.3 Å². The molecule has 0 spiro atoms. The number of benzene rings is 1. The fraction of sp³-hybridized carbons (Fsp3) is 0.625. The molecule has 1 fully saturated rings. The van der Waals surface area contributed by atoms with E-state index in [1.54, 1.807) is 11.8 Å². The van der Waals surface area contributed by atoms with Crippen molar-refractivity contribution < 1.29 is 5.11 Å². The van der Waals surface area contributed by atoms with Crippen LogP contribution in [0.2, 0.25) is 0 Å². The molecular formula is C16H25NOS. The fourth-order valence-corrected chi connectivity index (χ4v) is 3.15. The van der Waals surface area contributed by atoms with Gasteiger partial charge in [0.05, 0.1) is 6.61 Å². The van der Waals surface area contributed by atoms with Crippen LogP contribution in [-0.4, -0.2) is 23.5 Å². The number of hydrogen-bond acceptors (Lipinski definition) is 3. The van der Waals surface area contributed by atoms with Crippen LogP contribution in [0, 0.1) is 5.92 Å². The third-order valence-corrected chi connectivity index (χ3v) is 5.10. The van der Waals surface area contributed by atoms with Gasteiger partial charge in [-0.05, 0) is 55.6 Å². The Morgan fingerprint density at radius 3 is 2.42 bits per heavy atom. The molecule has 0 heterocycles. The monoisotopic (exact) mass is 279 g/mol. The third kappa shape index (κ3) is 3.98. The fourth-order valence-electron chi connectivity index (χ4n) is 2.74. The van der Waals surface area contributed by atoms with E-state index in [0.717, 1.165) is 25.3 Å². The van der Waals surface area contributed by atoms with Gasteiger partial charge in [-0.25, -0.2) is 0 Å². The SMILES string of the molecule is CSc1ccc(CNC2(CO)CCC(C)CC2)cc1. The maximum absolute atomic E-state index is 9.72. The van der Waals surface area contributed by atoms with Gasteiger partial charge in [0.1, 0.15) is 0 Å². The molecule has 0 aromatic heterocycles. The summed E-state index contributed by atoms with van der Waals surface area (Å²) in [7, 11) is 0. The van der Waals surface area contributed by atoms with Gasteiger partial charge in [0.2, 0.25) is 0 Å². The summed E-state index contributed by atoms with van der Waals surface area (Å²) >= 11 is 1.77. The number of rotatable bonds is 5. The molecule has 0 aliphatic heterocycles. The predicted octanol–water partition coefficient (Wildman–Crippen LogP) is 3.44. The van der Waals surface area contributed by atoms with Gasteiger partial charge in [0.25, 0.3) is 0 Å². The number of nitrogens with one attached hydrogen (secondary N) is 1. The van der Waals surface area contributed by atoms with Crippen LogP contribution < -0.4 is 5.32 Å². The second-order valence-corrected chi connectivity index (χ2v) is 6.70. The highest BCUT2D eigenvalue weighted by Crippen LogP contribution is 2.31. The molecule has 0 bridgehead atoms. The number of hydrogen-bond donors (Lipinski definition) is 2. The molecule has 2 rings (SSSR count). The molecular weight excluding hydrogens is 254 g/mol. The molecule has 1 aliphatic carbocycles. The maximum Gasteiger partial charge on any atom is 0.0613 e. The highest BCUT2D eigenvalue weighted by molar-refractivity contribution is 7.98. The number of aliphatic hydroxyl groups excluding tert-OH is 1. The summed E-state index contributed by atoms with van der Waals surface area (Å²) < 4.78 is 0.